The van der Waals surface area contributed by atoms with E-state index in [4.69, 9.17) is 17.3 Å². The Kier molecular flexibility index (Phi) is 9.63. The summed E-state index contributed by atoms with van der Waals surface area (Å²) in [6.07, 6.45) is -8.83. The summed E-state index contributed by atoms with van der Waals surface area (Å²) in [5, 5.41) is 14.2. The number of nitrogens with zero attached hydrogens (tertiary/aromatic N) is 1. The molecular formula is C23H17F6N3O5S3. The molecule has 0 spiro atoms. The number of carbonyl (C=O) groups excluding carboxylic acids is 3. The fraction of sp³-hybridized carbons (Fsp3) is 0.261. The minimum atomic E-state index is -4.99. The molecule has 40 heavy (non-hydrogen) atoms. The fourth-order valence-corrected chi connectivity index (χ4v) is 5.46. The van der Waals surface area contributed by atoms with E-state index in [1.165, 1.54) is 17.5 Å². The van der Waals surface area contributed by atoms with Crippen LogP contribution in [0.3, 0.4) is 0 Å². The van der Waals surface area contributed by atoms with Gasteiger partial charge < -0.3 is 15.7 Å². The highest BCUT2D eigenvalue weighted by Gasteiger charge is 2.37. The second kappa shape index (κ2) is 12.4. The van der Waals surface area contributed by atoms with Crippen LogP contribution in [0.2, 0.25) is 0 Å². The van der Waals surface area contributed by atoms with Crippen LogP contribution in [0.4, 0.5) is 26.3 Å². The summed E-state index contributed by atoms with van der Waals surface area (Å²) in [7, 11) is 0. The molecule has 0 aliphatic carbocycles. The molecule has 3 rings (SSSR count). The molecule has 214 valence electrons. The van der Waals surface area contributed by atoms with Crippen molar-refractivity contribution in [2.75, 3.05) is 19.6 Å². The number of carboxylic acid groups (broad SMARTS) is 1. The minimum Gasteiger partial charge on any atom is -0.480 e. The molecule has 2 heterocycles. The molecule has 1 saturated heterocycles. The van der Waals surface area contributed by atoms with Gasteiger partial charge in [0.1, 0.15) is 10.9 Å². The van der Waals surface area contributed by atoms with Crippen molar-refractivity contribution in [2.24, 2.45) is 0 Å². The molecule has 0 radical (unpaired) electrons. The lowest BCUT2D eigenvalue weighted by Gasteiger charge is -2.14. The first-order valence-electron chi connectivity index (χ1n) is 10.9. The van der Waals surface area contributed by atoms with E-state index in [-0.39, 0.29) is 39.4 Å². The van der Waals surface area contributed by atoms with Crippen LogP contribution in [-0.4, -0.2) is 57.7 Å². The monoisotopic (exact) mass is 625 g/mol. The lowest BCUT2D eigenvalue weighted by atomic mass is 10.0. The largest absolute Gasteiger partial charge is 0.480 e. The summed E-state index contributed by atoms with van der Waals surface area (Å²) in [6, 6.07) is 2.61. The number of alkyl halides is 6. The predicted octanol–water partition coefficient (Wildman–Crippen LogP) is 4.36. The molecule has 1 fully saturated rings. The number of nitrogens with one attached hydrogen (secondary N) is 2. The first kappa shape index (κ1) is 31.1. The number of benzene rings is 1. The van der Waals surface area contributed by atoms with Crippen LogP contribution in [-0.2, 0) is 31.5 Å². The van der Waals surface area contributed by atoms with Gasteiger partial charge in [-0.1, -0.05) is 24.0 Å². The van der Waals surface area contributed by atoms with Gasteiger partial charge in [-0.2, -0.15) is 26.3 Å². The molecule has 0 bridgehead atoms. The molecule has 3 N–H and O–H groups in total. The van der Waals surface area contributed by atoms with E-state index >= 15 is 0 Å². The van der Waals surface area contributed by atoms with Crippen molar-refractivity contribution in [1.82, 2.24) is 15.5 Å². The van der Waals surface area contributed by atoms with Crippen LogP contribution >= 0.6 is 35.3 Å². The zero-order valence-electron chi connectivity index (χ0n) is 19.8. The SMILES string of the molecule is O=C(O)CNC(=O)CNC(=O)CCN1C(=O)C(=Cc2cc(-c3cc(C(F)(F)F)cc(C(F)(F)F)c3)cs2)SC1=S. The lowest BCUT2D eigenvalue weighted by molar-refractivity contribution is -0.143. The minimum absolute atomic E-state index is 0.0383. The maximum absolute atomic E-state index is 13.2. The molecule has 1 aromatic carbocycles. The Balaban J connectivity index is 1.68. The number of halogens is 6. The zero-order valence-corrected chi connectivity index (χ0v) is 22.3. The summed E-state index contributed by atoms with van der Waals surface area (Å²) >= 11 is 7.06. The van der Waals surface area contributed by atoms with Crippen molar-refractivity contribution in [3.05, 3.63) is 50.6 Å². The van der Waals surface area contributed by atoms with Gasteiger partial charge in [0.05, 0.1) is 22.6 Å². The summed E-state index contributed by atoms with van der Waals surface area (Å²) in [5.74, 6) is -3.15. The maximum Gasteiger partial charge on any atom is 0.416 e. The number of rotatable bonds is 9. The van der Waals surface area contributed by atoms with Gasteiger partial charge in [0.15, 0.2) is 0 Å². The number of hydrogen-bond acceptors (Lipinski definition) is 7. The molecule has 3 amide bonds. The van der Waals surface area contributed by atoms with E-state index < -0.39 is 60.3 Å². The molecule has 0 saturated carbocycles. The quantitative estimate of drug-likeness (QED) is 0.216. The fourth-order valence-electron chi connectivity index (χ4n) is 3.24. The van der Waals surface area contributed by atoms with Gasteiger partial charge in [0, 0.05) is 17.8 Å². The molecular weight excluding hydrogens is 608 g/mol. The number of thiocarbonyl (C=S) groups is 1. The topological polar surface area (TPSA) is 116 Å². The Bertz CT molecular complexity index is 1350. The molecule has 8 nitrogen and oxygen atoms in total. The van der Waals surface area contributed by atoms with Crippen LogP contribution in [0.5, 0.6) is 0 Å². The third-order valence-electron chi connectivity index (χ3n) is 5.13. The second-order valence-corrected chi connectivity index (χ2v) is 10.7. The number of carboxylic acids is 1. The van der Waals surface area contributed by atoms with Gasteiger partial charge in [0.2, 0.25) is 11.8 Å². The molecule has 0 atom stereocenters. The predicted molar refractivity (Wildman–Crippen MR) is 138 cm³/mol. The smallest absolute Gasteiger partial charge is 0.416 e. The highest BCUT2D eigenvalue weighted by atomic mass is 32.2. The highest BCUT2D eigenvalue weighted by molar-refractivity contribution is 8.26. The molecule has 0 unspecified atom stereocenters. The number of aliphatic carboxylic acids is 1. The van der Waals surface area contributed by atoms with Gasteiger partial charge >= 0.3 is 18.3 Å². The molecule has 1 aromatic heterocycles. The second-order valence-electron chi connectivity index (χ2n) is 8.06. The summed E-state index contributed by atoms with van der Waals surface area (Å²) in [4.78, 5) is 48.3. The third-order valence-corrected chi connectivity index (χ3v) is 7.39. The van der Waals surface area contributed by atoms with Gasteiger partial charge in [-0.3, -0.25) is 24.1 Å². The van der Waals surface area contributed by atoms with E-state index in [1.807, 2.05) is 0 Å². The number of amides is 3. The number of hydrogen-bond donors (Lipinski definition) is 3. The van der Waals surface area contributed by atoms with E-state index in [0.29, 0.717) is 17.0 Å². The first-order chi connectivity index (χ1) is 18.5. The third kappa shape index (κ3) is 8.28. The molecule has 2 aromatic rings. The van der Waals surface area contributed by atoms with E-state index in [1.54, 1.807) is 0 Å². The average molecular weight is 626 g/mol. The van der Waals surface area contributed by atoms with Gasteiger partial charge in [-0.25, -0.2) is 0 Å². The zero-order chi connectivity index (χ0) is 29.8. The van der Waals surface area contributed by atoms with E-state index in [0.717, 1.165) is 28.0 Å². The van der Waals surface area contributed by atoms with E-state index in [2.05, 4.69) is 10.6 Å². The normalized spacial score (nSPS) is 15.1. The molecule has 1 aliphatic heterocycles. The van der Waals surface area contributed by atoms with Gasteiger partial charge in [-0.05, 0) is 46.8 Å². The van der Waals surface area contributed by atoms with Crippen molar-refractivity contribution in [3.8, 4) is 11.1 Å². The van der Waals surface area contributed by atoms with E-state index in [9.17, 15) is 45.5 Å². The maximum atomic E-state index is 13.2. The van der Waals surface area contributed by atoms with Crippen molar-refractivity contribution in [2.45, 2.75) is 18.8 Å². The van der Waals surface area contributed by atoms with Gasteiger partial charge in [-0.15, -0.1) is 11.3 Å². The molecule has 17 heteroatoms. The Hall–Kier alpha value is -3.44. The summed E-state index contributed by atoms with van der Waals surface area (Å²) in [5.41, 5.74) is -3.10. The Morgan fingerprint density at radius 3 is 2.10 bits per heavy atom. The Morgan fingerprint density at radius 1 is 0.925 bits per heavy atom. The standard InChI is InChI=1S/C23H17F6N3O5S3/c24-22(25,26)13-3-11(4-14(6-13)23(27,28)29)12-5-15(39-10-12)7-16-20(37)32(21(38)40-16)2-1-17(33)30-8-18(34)31-9-19(35)36/h3-7,10H,1-2,8-9H2,(H,30,33)(H,31,34)(H,35,36). The molecule has 1 aliphatic rings. The van der Waals surface area contributed by atoms with Crippen molar-refractivity contribution in [3.63, 3.8) is 0 Å². The van der Waals surface area contributed by atoms with Crippen molar-refractivity contribution >= 4 is 69.4 Å². The van der Waals surface area contributed by atoms with Crippen LogP contribution in [0.25, 0.3) is 17.2 Å². The summed E-state index contributed by atoms with van der Waals surface area (Å²) < 4.78 is 79.3. The van der Waals surface area contributed by atoms with Gasteiger partial charge in [0.25, 0.3) is 5.91 Å². The van der Waals surface area contributed by atoms with Crippen LogP contribution in [0.1, 0.15) is 22.4 Å². The Morgan fingerprint density at radius 2 is 1.52 bits per heavy atom. The number of thioether (sulfide) groups is 1. The highest BCUT2D eigenvalue weighted by Crippen LogP contribution is 2.40. The van der Waals surface area contributed by atoms with Crippen molar-refractivity contribution < 1.29 is 50.6 Å². The Labute approximate surface area is 235 Å². The van der Waals surface area contributed by atoms with Crippen LogP contribution < -0.4 is 10.6 Å². The lowest BCUT2D eigenvalue weighted by Crippen LogP contribution is -2.40. The van der Waals surface area contributed by atoms with Crippen LogP contribution in [0.15, 0.2) is 34.6 Å². The van der Waals surface area contributed by atoms with Crippen LogP contribution in [0, 0.1) is 0 Å². The average Bonchev–Trinajstić information content (AvgIpc) is 3.43. The first-order valence-corrected chi connectivity index (χ1v) is 13.0. The summed E-state index contributed by atoms with van der Waals surface area (Å²) in [6.45, 7) is -1.22. The van der Waals surface area contributed by atoms with Crippen molar-refractivity contribution in [1.29, 1.82) is 0 Å². The number of thiophene rings is 1. The number of carbonyl (C=O) groups is 4.